The molecule has 0 radical (unpaired) electrons. The Balaban J connectivity index is 0.894. The zero-order chi connectivity index (χ0) is 40.6. The highest BCUT2D eigenvalue weighted by Crippen LogP contribution is 2.49. The Bertz CT molecular complexity index is 2230. The van der Waals surface area contributed by atoms with Gasteiger partial charge >= 0.3 is 0 Å². The van der Waals surface area contributed by atoms with Crippen LogP contribution in [-0.2, 0) is 0 Å². The second-order valence-corrected chi connectivity index (χ2v) is 17.5. The van der Waals surface area contributed by atoms with Crippen molar-refractivity contribution in [3.05, 3.63) is 157 Å². The number of fused-ring (bicyclic) bond motifs is 4. The molecular weight excluding hydrogens is 789 g/mol. The maximum Gasteiger partial charge on any atom is 0.0826 e. The van der Waals surface area contributed by atoms with E-state index in [1.54, 1.807) is 23.5 Å². The number of hydrazone groups is 2. The molecule has 8 nitrogen and oxygen atoms in total. The minimum Gasteiger partial charge on any atom is -0.390 e. The lowest BCUT2D eigenvalue weighted by Crippen LogP contribution is -2.32. The van der Waals surface area contributed by atoms with Crippen LogP contribution in [0.25, 0.3) is 0 Å². The van der Waals surface area contributed by atoms with Crippen LogP contribution < -0.4 is 19.8 Å². The Morgan fingerprint density at radius 1 is 0.525 bits per heavy atom. The fourth-order valence-corrected chi connectivity index (χ4v) is 10.5. The zero-order valence-corrected chi connectivity index (χ0v) is 35.7. The van der Waals surface area contributed by atoms with Crippen molar-refractivity contribution in [3.63, 3.8) is 0 Å². The maximum atomic E-state index is 11.3. The molecule has 0 aromatic heterocycles. The number of aliphatic hydroxyl groups is 2. The van der Waals surface area contributed by atoms with Gasteiger partial charge in [0.1, 0.15) is 0 Å². The molecule has 6 aromatic rings. The molecule has 11 heteroatoms. The third-order valence-corrected chi connectivity index (χ3v) is 13.6. The molecule has 2 unspecified atom stereocenters. The van der Waals surface area contributed by atoms with Gasteiger partial charge in [-0.3, -0.25) is 10.0 Å². The molecule has 300 valence electrons. The molecule has 2 N–H and O–H groups in total. The summed E-state index contributed by atoms with van der Waals surface area (Å²) in [4.78, 5) is 9.58. The van der Waals surface area contributed by atoms with E-state index in [2.05, 4.69) is 109 Å². The van der Waals surface area contributed by atoms with Crippen LogP contribution in [-0.4, -0.2) is 72.5 Å². The van der Waals surface area contributed by atoms with Crippen molar-refractivity contribution in [1.29, 1.82) is 0 Å². The van der Waals surface area contributed by atoms with E-state index >= 15 is 0 Å². The molecule has 2 heterocycles. The molecule has 8 rings (SSSR count). The van der Waals surface area contributed by atoms with Gasteiger partial charge in [0.25, 0.3) is 0 Å². The average Bonchev–Trinajstić information content (AvgIpc) is 3.27. The third kappa shape index (κ3) is 9.67. The molecule has 0 saturated heterocycles. The molecule has 2 aliphatic heterocycles. The molecule has 0 bridgehead atoms. The van der Waals surface area contributed by atoms with E-state index < -0.39 is 12.2 Å². The molecular formula is C48H48N6O2S3. The van der Waals surface area contributed by atoms with Crippen molar-refractivity contribution in [2.24, 2.45) is 10.2 Å². The smallest absolute Gasteiger partial charge is 0.0826 e. The lowest BCUT2D eigenvalue weighted by Gasteiger charge is -2.32. The molecule has 0 spiro atoms. The first-order chi connectivity index (χ1) is 29.0. The van der Waals surface area contributed by atoms with Gasteiger partial charge in [-0.05, 0) is 97.8 Å². The van der Waals surface area contributed by atoms with E-state index in [4.69, 9.17) is 10.2 Å². The summed E-state index contributed by atoms with van der Waals surface area (Å²) in [6.07, 6.45) is 2.38. The van der Waals surface area contributed by atoms with E-state index in [1.165, 1.54) is 54.1 Å². The standard InChI is InChI=1S/C48H48N6O2S3/c1-3-51-41-19-11-13-21-45(41)58-47-27-35(23-25-43(47)51)29-49-53(37-15-7-5-8-16-37)31-39(55)33-57-34-40(56)32-54(38-17-9-6-10-18-38)50-30-36-24-26-44-48(28-36)59-46-22-14-12-20-42(46)52(44)4-2/h5-30,39-40,55-56H,3-4,31-34H2,1-2H3. The highest BCUT2D eigenvalue weighted by atomic mass is 32.2. The van der Waals surface area contributed by atoms with Crippen LogP contribution in [0.1, 0.15) is 25.0 Å². The van der Waals surface area contributed by atoms with Gasteiger partial charge in [-0.15, -0.1) is 0 Å². The summed E-state index contributed by atoms with van der Waals surface area (Å²) in [6.45, 7) is 6.74. The fourth-order valence-electron chi connectivity index (χ4n) is 7.30. The Morgan fingerprint density at radius 3 is 1.34 bits per heavy atom. The summed E-state index contributed by atoms with van der Waals surface area (Å²) < 4.78 is 0. The molecule has 0 fully saturated rings. The Labute approximate surface area is 360 Å². The van der Waals surface area contributed by atoms with E-state index in [-0.39, 0.29) is 0 Å². The first-order valence-corrected chi connectivity index (χ1v) is 22.8. The summed E-state index contributed by atoms with van der Waals surface area (Å²) in [7, 11) is 0. The lowest BCUT2D eigenvalue weighted by molar-refractivity contribution is 0.200. The summed E-state index contributed by atoms with van der Waals surface area (Å²) in [5.74, 6) is 0.883. The quantitative estimate of drug-likeness (QED) is 0.0732. The highest BCUT2D eigenvalue weighted by Gasteiger charge is 2.24. The number of hydrogen-bond acceptors (Lipinski definition) is 11. The highest BCUT2D eigenvalue weighted by molar-refractivity contribution is 8.00. The number of thioether (sulfide) groups is 1. The number of rotatable bonds is 16. The second-order valence-electron chi connectivity index (χ2n) is 14.3. The summed E-state index contributed by atoms with van der Waals surface area (Å²) in [5, 5.41) is 36.0. The van der Waals surface area contributed by atoms with Gasteiger partial charge in [0.05, 0.1) is 71.9 Å². The number of hydrogen-bond donors (Lipinski definition) is 2. The van der Waals surface area contributed by atoms with Crippen LogP contribution in [0, 0.1) is 0 Å². The number of anilines is 6. The topological polar surface area (TPSA) is 78.1 Å². The fraction of sp³-hybridized carbons (Fsp3) is 0.208. The monoisotopic (exact) mass is 836 g/mol. The van der Waals surface area contributed by atoms with Crippen molar-refractivity contribution >= 4 is 81.8 Å². The zero-order valence-electron chi connectivity index (χ0n) is 33.2. The Hall–Kier alpha value is -5.17. The first kappa shape index (κ1) is 40.6. The van der Waals surface area contributed by atoms with Crippen molar-refractivity contribution in [2.45, 2.75) is 45.6 Å². The van der Waals surface area contributed by atoms with Gasteiger partial charge in [-0.2, -0.15) is 22.0 Å². The second kappa shape index (κ2) is 19.3. The van der Waals surface area contributed by atoms with E-state index in [1.807, 2.05) is 83.1 Å². The van der Waals surface area contributed by atoms with Crippen LogP contribution >= 0.6 is 35.3 Å². The van der Waals surface area contributed by atoms with E-state index in [0.717, 1.165) is 35.6 Å². The predicted molar refractivity (Wildman–Crippen MR) is 251 cm³/mol. The molecule has 2 atom stereocenters. The number of nitrogens with zero attached hydrogens (tertiary/aromatic N) is 6. The van der Waals surface area contributed by atoms with Gasteiger partial charge in [0, 0.05) is 44.2 Å². The van der Waals surface area contributed by atoms with Crippen LogP contribution in [0.15, 0.2) is 175 Å². The molecule has 0 aliphatic carbocycles. The van der Waals surface area contributed by atoms with E-state index in [9.17, 15) is 10.2 Å². The third-order valence-electron chi connectivity index (χ3n) is 10.1. The Kier molecular flexibility index (Phi) is 13.3. The van der Waals surface area contributed by atoms with Crippen LogP contribution in [0.2, 0.25) is 0 Å². The minimum atomic E-state index is -0.681. The number of benzene rings is 6. The summed E-state index contributed by atoms with van der Waals surface area (Å²) in [5.41, 5.74) is 8.65. The summed E-state index contributed by atoms with van der Waals surface area (Å²) in [6, 6.07) is 49.8. The van der Waals surface area contributed by atoms with Crippen LogP contribution in [0.5, 0.6) is 0 Å². The molecule has 59 heavy (non-hydrogen) atoms. The van der Waals surface area contributed by atoms with Crippen LogP contribution in [0.3, 0.4) is 0 Å². The molecule has 0 amide bonds. The van der Waals surface area contributed by atoms with Crippen molar-refractivity contribution in [2.75, 3.05) is 57.5 Å². The largest absolute Gasteiger partial charge is 0.390 e. The SMILES string of the molecule is CCN1c2ccccc2Sc2cc(C=NN(CC(O)CSCC(O)CN(N=Cc3ccc4c(c3)Sc3ccccc3N4CC)c3ccccc3)c3ccccc3)ccc21. The van der Waals surface area contributed by atoms with E-state index in [0.29, 0.717) is 24.6 Å². The Morgan fingerprint density at radius 2 is 0.915 bits per heavy atom. The molecule has 0 saturated carbocycles. The molecule has 6 aromatic carbocycles. The van der Waals surface area contributed by atoms with Gasteiger partial charge in [0.2, 0.25) is 0 Å². The van der Waals surface area contributed by atoms with Gasteiger partial charge in [-0.1, -0.05) is 96.3 Å². The predicted octanol–water partition coefficient (Wildman–Crippen LogP) is 10.8. The average molecular weight is 837 g/mol. The van der Waals surface area contributed by atoms with Crippen LogP contribution in [0.4, 0.5) is 34.1 Å². The maximum absolute atomic E-state index is 11.3. The molecule has 2 aliphatic rings. The van der Waals surface area contributed by atoms with Gasteiger partial charge < -0.3 is 20.0 Å². The minimum absolute atomic E-state index is 0.307. The van der Waals surface area contributed by atoms with Crippen molar-refractivity contribution in [1.82, 2.24) is 0 Å². The first-order valence-electron chi connectivity index (χ1n) is 20.0. The van der Waals surface area contributed by atoms with Crippen molar-refractivity contribution < 1.29 is 10.2 Å². The lowest BCUT2D eigenvalue weighted by atomic mass is 10.1. The number of para-hydroxylation sites is 4. The van der Waals surface area contributed by atoms with Crippen molar-refractivity contribution in [3.8, 4) is 0 Å². The summed E-state index contributed by atoms with van der Waals surface area (Å²) >= 11 is 5.09. The van der Waals surface area contributed by atoms with Gasteiger partial charge in [-0.25, -0.2) is 0 Å². The number of aliphatic hydroxyl groups excluding tert-OH is 2. The normalized spacial score (nSPS) is 14.1. The van der Waals surface area contributed by atoms with Gasteiger partial charge in [0.15, 0.2) is 0 Å².